The third-order valence-corrected chi connectivity index (χ3v) is 20.7. The largest absolute Gasteiger partial charge is 0.435 e. The fraction of sp³-hybridized carbons (Fsp3) is 0.326. The molecule has 662 valence electrons. The monoisotopic (exact) mass is 1770 g/mol. The van der Waals surface area contributed by atoms with Gasteiger partial charge in [-0.1, -0.05) is 211 Å². The summed E-state index contributed by atoms with van der Waals surface area (Å²) in [6.07, 6.45) is 2.95. The first-order valence-corrected chi connectivity index (χ1v) is 40.7. The van der Waals surface area contributed by atoms with Crippen LogP contribution in [0.2, 0.25) is 10.0 Å². The van der Waals surface area contributed by atoms with E-state index in [4.69, 9.17) is 28.5 Å². The lowest BCUT2D eigenvalue weighted by Gasteiger charge is -2.13. The highest BCUT2D eigenvalue weighted by atomic mass is 35.5. The van der Waals surface area contributed by atoms with Crippen LogP contribution in [-0.2, 0) is 54.6 Å². The summed E-state index contributed by atoms with van der Waals surface area (Å²) in [5, 5.41) is 34.0. The number of aliphatic imine (C=N–C) groups is 1. The van der Waals surface area contributed by atoms with Crippen molar-refractivity contribution in [2.75, 3.05) is 6.54 Å². The molecule has 0 saturated heterocycles. The predicted molar refractivity (Wildman–Crippen MR) is 468 cm³/mol. The topological polar surface area (TPSA) is 143 Å². The molecule has 0 aliphatic carbocycles. The van der Waals surface area contributed by atoms with Gasteiger partial charge in [0.25, 0.3) is 0 Å². The molecule has 0 bridgehead atoms. The first kappa shape index (κ1) is 98.7. The SMILES string of the molecule is CC(C)c1cc(F)c(F)c(-c2cnn(C)c2)c1.CC(C)c1ccc(-c2cn(C)nc2C#N)cc1F.CC(C)c1ccc(-c2cn(C)nc2C(F)(F)F)cc1F.CC(C)c1ccc(-c2cnn(C)c2)c(Cl)c1.CC(C)c1ccc(-c2cnn(C)c2)cc1Cl.CC(C)c1ccc(-c2cnn(C)c2C(F)(F)F)cc1.CC(C)c1ccc(C2=CCN=C2C(F)(F)F)cc1F. The van der Waals surface area contributed by atoms with Gasteiger partial charge < -0.3 is 0 Å². The van der Waals surface area contributed by atoms with Crippen molar-refractivity contribution in [2.24, 2.45) is 47.3 Å². The number of nitrogens with zero attached hydrogens (tertiary/aromatic N) is 14. The van der Waals surface area contributed by atoms with Gasteiger partial charge in [-0.3, -0.25) is 33.1 Å². The molecule has 0 unspecified atom stereocenters. The van der Waals surface area contributed by atoms with Crippen LogP contribution in [0.25, 0.3) is 72.3 Å². The molecular weight excluding hydrogens is 1670 g/mol. The average Bonchev–Trinajstić information content (AvgIpc) is 1.73. The zero-order valence-corrected chi connectivity index (χ0v) is 74.5. The van der Waals surface area contributed by atoms with Crippen LogP contribution in [-0.4, -0.2) is 77.1 Å². The van der Waals surface area contributed by atoms with Crippen LogP contribution in [0.4, 0.5) is 61.5 Å². The Kier molecular flexibility index (Phi) is 33.4. The standard InChI is InChI=1S/C14H14F4N2.C14H13F4N.C14H15F3N2.C14H14FN3.2C13H15ClN2.C13H14F2N2/c1-8(2)10-5-4-9(6-12(10)15)11-7-20(3)19-13(11)14(16,17)18;1-8(2)10-4-3-9(7-12(10)15)11-5-6-19-13(11)14(16,17)18;1-9(2)10-4-6-11(7-5-10)12-8-18-19(3)13(12)14(15,16)17;1-9(2)11-5-4-10(6-13(11)15)12-8-18(3)17-14(12)7-16;1-9(2)12-5-4-10(6-13(12)14)11-7-15-16(3)8-11;1-9(2)10-4-5-12(13(14)6-10)11-7-15-16(3)8-11;1-8(2)9-4-11(13(15)12(14)5-9)10-6-16-17(3)7-10/h4-8H,1-3H3;3-5,7-8H,6H2,1-2H3;4-9H,1-3H3;4-6,8-9H,1-3H3;2*4-9H,1-3H3;4-8H,1-3H3. The number of halogens is 16. The Balaban J connectivity index is 0.000000181. The van der Waals surface area contributed by atoms with Gasteiger partial charge in [-0.05, 0) is 151 Å². The number of nitriles is 1. The summed E-state index contributed by atoms with van der Waals surface area (Å²) in [7, 11) is 9.99. The van der Waals surface area contributed by atoms with E-state index in [1.807, 2.05) is 145 Å². The van der Waals surface area contributed by atoms with E-state index in [-0.39, 0.29) is 69.4 Å². The van der Waals surface area contributed by atoms with Gasteiger partial charge in [0.1, 0.15) is 34.9 Å². The maximum atomic E-state index is 13.9. The third-order valence-electron chi connectivity index (χ3n) is 20.1. The van der Waals surface area contributed by atoms with Gasteiger partial charge in [-0.2, -0.15) is 75.4 Å². The highest BCUT2D eigenvalue weighted by Crippen LogP contribution is 2.41. The quantitative estimate of drug-likeness (QED) is 0.0986. The molecule has 0 N–H and O–H groups in total. The molecule has 125 heavy (non-hydrogen) atoms. The summed E-state index contributed by atoms with van der Waals surface area (Å²) in [4.78, 5) is 3.43. The van der Waals surface area contributed by atoms with Crippen LogP contribution in [0.1, 0.15) is 200 Å². The maximum Gasteiger partial charge on any atom is 0.435 e. The highest BCUT2D eigenvalue weighted by Gasteiger charge is 2.41. The molecular formula is C95H100Cl2F14N14. The normalized spacial score (nSPS) is 12.1. The number of alkyl halides is 9. The van der Waals surface area contributed by atoms with E-state index >= 15 is 0 Å². The molecule has 30 heteroatoms. The van der Waals surface area contributed by atoms with Gasteiger partial charge in [0.05, 0.1) is 31.3 Å². The fourth-order valence-electron chi connectivity index (χ4n) is 13.3. The molecule has 0 atom stereocenters. The molecule has 0 saturated carbocycles. The number of hydrogen-bond donors (Lipinski definition) is 0. The molecule has 7 aromatic carbocycles. The minimum Gasteiger partial charge on any atom is -0.276 e. The van der Waals surface area contributed by atoms with Crippen LogP contribution < -0.4 is 0 Å². The number of benzene rings is 7. The summed E-state index contributed by atoms with van der Waals surface area (Å²) >= 11 is 12.5. The second kappa shape index (κ2) is 42.3. The number of aromatic nitrogens is 12. The van der Waals surface area contributed by atoms with Gasteiger partial charge in [-0.25, -0.2) is 22.0 Å². The van der Waals surface area contributed by atoms with Gasteiger partial charge in [0.15, 0.2) is 23.0 Å². The Morgan fingerprint density at radius 3 is 1.23 bits per heavy atom. The molecule has 7 heterocycles. The summed E-state index contributed by atoms with van der Waals surface area (Å²) in [5.74, 6) is -1.30. The summed E-state index contributed by atoms with van der Waals surface area (Å²) in [6, 6.07) is 37.9. The van der Waals surface area contributed by atoms with Gasteiger partial charge >= 0.3 is 18.5 Å². The minimum atomic E-state index is -4.57. The number of aryl methyl sites for hydroxylation is 6. The zero-order valence-electron chi connectivity index (χ0n) is 73.0. The number of hydrogen-bond acceptors (Lipinski definition) is 8. The first-order chi connectivity index (χ1) is 58.5. The molecule has 1 aliphatic rings. The van der Waals surface area contributed by atoms with E-state index in [0.29, 0.717) is 62.4 Å². The van der Waals surface area contributed by atoms with Crippen LogP contribution in [0, 0.1) is 40.4 Å². The van der Waals surface area contributed by atoms with E-state index in [9.17, 15) is 61.5 Å². The van der Waals surface area contributed by atoms with Crippen molar-refractivity contribution in [3.05, 3.63) is 290 Å². The fourth-order valence-corrected chi connectivity index (χ4v) is 14.0. The van der Waals surface area contributed by atoms with Crippen molar-refractivity contribution in [1.29, 1.82) is 5.26 Å². The molecule has 0 spiro atoms. The summed E-state index contributed by atoms with van der Waals surface area (Å²) in [5.41, 5.74) is 11.0. The van der Waals surface area contributed by atoms with Gasteiger partial charge in [-0.15, -0.1) is 0 Å². The second-order valence-corrected chi connectivity index (χ2v) is 32.8. The summed E-state index contributed by atoms with van der Waals surface area (Å²) < 4.78 is 193. The molecule has 0 fully saturated rings. The van der Waals surface area contributed by atoms with Crippen molar-refractivity contribution < 1.29 is 61.5 Å². The lowest BCUT2D eigenvalue weighted by Crippen LogP contribution is -2.22. The summed E-state index contributed by atoms with van der Waals surface area (Å²) in [6.45, 7) is 27.8. The molecule has 1 aliphatic heterocycles. The average molecular weight is 1770 g/mol. The van der Waals surface area contributed by atoms with E-state index in [1.54, 1.807) is 69.5 Å². The van der Waals surface area contributed by atoms with Gasteiger partial charge in [0, 0.05) is 133 Å². The Labute approximate surface area is 729 Å². The Morgan fingerprint density at radius 2 is 0.792 bits per heavy atom. The smallest absolute Gasteiger partial charge is 0.276 e. The lowest BCUT2D eigenvalue weighted by atomic mass is 9.96. The first-order valence-electron chi connectivity index (χ1n) is 40.0. The van der Waals surface area contributed by atoms with Crippen LogP contribution in [0.15, 0.2) is 194 Å². The Bertz CT molecular complexity index is 5940. The molecule has 0 amide bonds. The van der Waals surface area contributed by atoms with Crippen molar-refractivity contribution in [3.8, 4) is 72.8 Å². The minimum absolute atomic E-state index is 0.0117. The van der Waals surface area contributed by atoms with E-state index in [1.165, 1.54) is 86.3 Å². The van der Waals surface area contributed by atoms with Crippen molar-refractivity contribution in [1.82, 2.24) is 58.7 Å². The van der Waals surface area contributed by atoms with Crippen molar-refractivity contribution in [3.63, 3.8) is 0 Å². The van der Waals surface area contributed by atoms with Crippen LogP contribution in [0.5, 0.6) is 0 Å². The molecule has 13 aromatic rings. The molecule has 6 aromatic heterocycles. The van der Waals surface area contributed by atoms with E-state index in [0.717, 1.165) is 64.9 Å². The van der Waals surface area contributed by atoms with Gasteiger partial charge in [0.2, 0.25) is 0 Å². The third kappa shape index (κ3) is 26.0. The second-order valence-electron chi connectivity index (χ2n) is 32.0. The zero-order chi connectivity index (χ0) is 92.8. The Hall–Kier alpha value is -11.7. The van der Waals surface area contributed by atoms with E-state index in [2.05, 4.69) is 87.5 Å². The van der Waals surface area contributed by atoms with Crippen LogP contribution in [0.3, 0.4) is 0 Å². The van der Waals surface area contributed by atoms with Crippen LogP contribution >= 0.6 is 23.2 Å². The van der Waals surface area contributed by atoms with E-state index < -0.39 is 58.9 Å². The molecule has 14 rings (SSSR count). The lowest BCUT2D eigenvalue weighted by molar-refractivity contribution is -0.143. The Morgan fingerprint density at radius 1 is 0.352 bits per heavy atom. The highest BCUT2D eigenvalue weighted by molar-refractivity contribution is 6.33. The number of allylic oxidation sites excluding steroid dienone is 1. The van der Waals surface area contributed by atoms with Crippen molar-refractivity contribution >= 4 is 34.5 Å². The predicted octanol–water partition coefficient (Wildman–Crippen LogP) is 27.4. The number of rotatable bonds is 14. The molecule has 0 radical (unpaired) electrons. The van der Waals surface area contributed by atoms with Crippen molar-refractivity contribution in [2.45, 2.75) is 157 Å². The maximum absolute atomic E-state index is 13.9. The molecule has 14 nitrogen and oxygen atoms in total.